The van der Waals surface area contributed by atoms with Gasteiger partial charge < -0.3 is 14.2 Å². The average Bonchev–Trinajstić information content (AvgIpc) is 3.34. The van der Waals surface area contributed by atoms with Crippen LogP contribution in [0.15, 0.2) is 103 Å². The van der Waals surface area contributed by atoms with E-state index in [1.165, 1.54) is 11.3 Å². The second kappa shape index (κ2) is 13.6. The molecule has 234 valence electrons. The largest absolute Gasteiger partial charge is 0.496 e. The number of ether oxygens (including phenoxy) is 3. The van der Waals surface area contributed by atoms with Gasteiger partial charge in [-0.3, -0.25) is 9.36 Å². The van der Waals surface area contributed by atoms with Crippen LogP contribution >= 0.6 is 54.8 Å². The van der Waals surface area contributed by atoms with Crippen LogP contribution in [0, 0.1) is 0 Å². The number of benzene rings is 4. The highest BCUT2D eigenvalue weighted by molar-refractivity contribution is 9.11. The smallest absolute Gasteiger partial charge is 0.338 e. The van der Waals surface area contributed by atoms with Crippen molar-refractivity contribution in [1.29, 1.82) is 0 Å². The highest BCUT2D eigenvalue weighted by atomic mass is 79.9. The normalized spacial score (nSPS) is 14.7. The molecule has 6 rings (SSSR count). The second-order valence-electron chi connectivity index (χ2n) is 10.4. The number of fused-ring (bicyclic) bond motifs is 2. The molecular formula is C35H27Br2ClN2O5S. The van der Waals surface area contributed by atoms with E-state index in [0.29, 0.717) is 51.6 Å². The van der Waals surface area contributed by atoms with E-state index in [-0.39, 0.29) is 18.8 Å². The molecule has 5 aromatic rings. The SMILES string of the molecule is CCOC(=O)C1=C(C)N=c2s/c(=C\c3cc(Br)c(OCc4ccccc4Cl)c(Br)c3)c(=O)n2[C@@H]1c1c(OC)ccc2ccccc12. The first-order chi connectivity index (χ1) is 22.2. The van der Waals surface area contributed by atoms with Gasteiger partial charge in [-0.05, 0) is 92.4 Å². The molecule has 0 bridgehead atoms. The van der Waals surface area contributed by atoms with Gasteiger partial charge in [0.2, 0.25) is 0 Å². The van der Waals surface area contributed by atoms with Crippen molar-refractivity contribution in [2.45, 2.75) is 26.5 Å². The minimum atomic E-state index is -0.822. The Labute approximate surface area is 290 Å². The van der Waals surface area contributed by atoms with Crippen LogP contribution in [-0.4, -0.2) is 24.3 Å². The number of esters is 1. The van der Waals surface area contributed by atoms with Crippen LogP contribution in [0.1, 0.15) is 36.6 Å². The quantitative estimate of drug-likeness (QED) is 0.151. The minimum Gasteiger partial charge on any atom is -0.496 e. The molecule has 0 saturated carbocycles. The molecule has 0 fully saturated rings. The lowest BCUT2D eigenvalue weighted by molar-refractivity contribution is -0.139. The summed E-state index contributed by atoms with van der Waals surface area (Å²) in [6.07, 6.45) is 1.80. The van der Waals surface area contributed by atoms with E-state index in [4.69, 9.17) is 30.8 Å². The zero-order chi connectivity index (χ0) is 32.5. The number of aromatic nitrogens is 1. The molecular weight excluding hydrogens is 756 g/mol. The lowest BCUT2D eigenvalue weighted by atomic mass is 9.90. The summed E-state index contributed by atoms with van der Waals surface area (Å²) in [5.41, 5.74) is 2.80. The van der Waals surface area contributed by atoms with Crippen LogP contribution in [0.25, 0.3) is 16.8 Å². The topological polar surface area (TPSA) is 79.1 Å². The Morgan fingerprint density at radius 3 is 2.50 bits per heavy atom. The Hall–Kier alpha value is -3.70. The highest BCUT2D eigenvalue weighted by Gasteiger charge is 2.36. The predicted molar refractivity (Wildman–Crippen MR) is 189 cm³/mol. The number of rotatable bonds is 8. The zero-order valence-electron chi connectivity index (χ0n) is 25.0. The van der Waals surface area contributed by atoms with Crippen molar-refractivity contribution in [2.75, 3.05) is 13.7 Å². The van der Waals surface area contributed by atoms with Gasteiger partial charge in [-0.1, -0.05) is 71.5 Å². The molecule has 0 saturated heterocycles. The molecule has 2 heterocycles. The lowest BCUT2D eigenvalue weighted by Crippen LogP contribution is -2.40. The van der Waals surface area contributed by atoms with Crippen molar-refractivity contribution in [3.8, 4) is 11.5 Å². The van der Waals surface area contributed by atoms with E-state index < -0.39 is 12.0 Å². The Morgan fingerprint density at radius 1 is 1.07 bits per heavy atom. The first-order valence-corrected chi connectivity index (χ1v) is 17.1. The van der Waals surface area contributed by atoms with Crippen molar-refractivity contribution in [1.82, 2.24) is 4.57 Å². The molecule has 7 nitrogen and oxygen atoms in total. The standard InChI is InChI=1S/C35H27Br2ClN2O5S/c1-4-44-34(42)29-19(2)39-35-40(31(29)30-23-11-7-5-9-21(23)13-14-27(30)43-3)33(41)28(46-35)17-20-15-24(36)32(25(37)16-20)45-18-22-10-6-8-12-26(22)38/h5-17,31H,4,18H2,1-3H3/b28-17-/t31-/m0/s1. The summed E-state index contributed by atoms with van der Waals surface area (Å²) in [6.45, 7) is 3.99. The van der Waals surface area contributed by atoms with Gasteiger partial charge in [-0.15, -0.1) is 0 Å². The average molecular weight is 783 g/mol. The fourth-order valence-corrected chi connectivity index (χ4v) is 8.21. The predicted octanol–water partition coefficient (Wildman–Crippen LogP) is 7.72. The highest BCUT2D eigenvalue weighted by Crippen LogP contribution is 2.40. The number of carbonyl (C=O) groups is 1. The van der Waals surface area contributed by atoms with Gasteiger partial charge in [0, 0.05) is 16.1 Å². The number of hydrogen-bond donors (Lipinski definition) is 0. The number of nitrogens with zero attached hydrogens (tertiary/aromatic N) is 2. The van der Waals surface area contributed by atoms with Crippen LogP contribution in [0.3, 0.4) is 0 Å². The van der Waals surface area contributed by atoms with E-state index in [2.05, 4.69) is 31.9 Å². The molecule has 0 amide bonds. The van der Waals surface area contributed by atoms with E-state index in [1.54, 1.807) is 31.6 Å². The molecule has 1 aromatic heterocycles. The van der Waals surface area contributed by atoms with Gasteiger partial charge in [0.25, 0.3) is 5.56 Å². The third kappa shape index (κ3) is 6.07. The molecule has 1 atom stereocenters. The molecule has 4 aromatic carbocycles. The van der Waals surface area contributed by atoms with Crippen LogP contribution < -0.4 is 24.4 Å². The molecule has 11 heteroatoms. The summed E-state index contributed by atoms with van der Waals surface area (Å²) >= 11 is 14.8. The third-order valence-electron chi connectivity index (χ3n) is 7.59. The van der Waals surface area contributed by atoms with Gasteiger partial charge in [0.15, 0.2) is 4.80 Å². The van der Waals surface area contributed by atoms with Crippen LogP contribution in [-0.2, 0) is 16.1 Å². The van der Waals surface area contributed by atoms with E-state index in [1.807, 2.05) is 72.8 Å². The van der Waals surface area contributed by atoms with Gasteiger partial charge >= 0.3 is 5.97 Å². The molecule has 0 radical (unpaired) electrons. The molecule has 0 spiro atoms. The van der Waals surface area contributed by atoms with Crippen molar-refractivity contribution in [2.24, 2.45) is 4.99 Å². The molecule has 46 heavy (non-hydrogen) atoms. The fraction of sp³-hybridized carbons (Fsp3) is 0.171. The zero-order valence-corrected chi connectivity index (χ0v) is 29.7. The Morgan fingerprint density at radius 2 is 1.78 bits per heavy atom. The first kappa shape index (κ1) is 32.2. The van der Waals surface area contributed by atoms with Gasteiger partial charge in [-0.2, -0.15) is 0 Å². The summed E-state index contributed by atoms with van der Waals surface area (Å²) < 4.78 is 20.8. The first-order valence-electron chi connectivity index (χ1n) is 14.3. The number of hydrogen-bond acceptors (Lipinski definition) is 7. The third-order valence-corrected chi connectivity index (χ3v) is 10.1. The van der Waals surface area contributed by atoms with E-state index in [0.717, 1.165) is 21.9 Å². The summed E-state index contributed by atoms with van der Waals surface area (Å²) in [7, 11) is 1.58. The monoisotopic (exact) mass is 780 g/mol. The van der Waals surface area contributed by atoms with Gasteiger partial charge in [0.1, 0.15) is 24.1 Å². The van der Waals surface area contributed by atoms with Crippen LogP contribution in [0.5, 0.6) is 11.5 Å². The maximum Gasteiger partial charge on any atom is 0.338 e. The maximum absolute atomic E-state index is 14.3. The van der Waals surface area contributed by atoms with Crippen molar-refractivity contribution in [3.05, 3.63) is 134 Å². The Balaban J connectivity index is 1.49. The Bertz CT molecular complexity index is 2200. The minimum absolute atomic E-state index is 0.182. The Kier molecular flexibility index (Phi) is 9.52. The molecule has 1 aliphatic rings. The van der Waals surface area contributed by atoms with Gasteiger partial charge in [-0.25, -0.2) is 9.79 Å². The van der Waals surface area contributed by atoms with Crippen molar-refractivity contribution >= 4 is 77.6 Å². The summed E-state index contributed by atoms with van der Waals surface area (Å²) in [6, 6.07) is 22.1. The second-order valence-corrected chi connectivity index (χ2v) is 13.5. The van der Waals surface area contributed by atoms with Crippen molar-refractivity contribution in [3.63, 3.8) is 0 Å². The summed E-state index contributed by atoms with van der Waals surface area (Å²) in [4.78, 5) is 33.0. The molecule has 0 unspecified atom stereocenters. The summed E-state index contributed by atoms with van der Waals surface area (Å²) in [5.74, 6) is 0.629. The van der Waals surface area contributed by atoms with E-state index in [9.17, 15) is 9.59 Å². The lowest BCUT2D eigenvalue weighted by Gasteiger charge is -2.27. The fourth-order valence-electron chi connectivity index (χ4n) is 5.52. The summed E-state index contributed by atoms with van der Waals surface area (Å²) in [5, 5.41) is 2.44. The number of allylic oxidation sites excluding steroid dienone is 1. The number of halogens is 3. The maximum atomic E-state index is 14.3. The van der Waals surface area contributed by atoms with Gasteiger partial charge in [0.05, 0.1) is 38.5 Å². The molecule has 1 aliphatic heterocycles. The molecule has 0 N–H and O–H groups in total. The molecule has 0 aliphatic carbocycles. The van der Waals surface area contributed by atoms with Crippen LogP contribution in [0.2, 0.25) is 5.02 Å². The number of methoxy groups -OCH3 is 1. The number of thiazole rings is 1. The number of carbonyl (C=O) groups excluding carboxylic acids is 1. The van der Waals surface area contributed by atoms with E-state index >= 15 is 0 Å². The van der Waals surface area contributed by atoms with Crippen LogP contribution in [0.4, 0.5) is 0 Å². The van der Waals surface area contributed by atoms with Crippen molar-refractivity contribution < 1.29 is 19.0 Å².